The molecule has 2 aromatic rings. The molecular formula is C12H11N5O. The van der Waals surface area contributed by atoms with Gasteiger partial charge in [0, 0.05) is 17.8 Å². The average molecular weight is 241 g/mol. The molecule has 0 fully saturated rings. The van der Waals surface area contributed by atoms with E-state index in [9.17, 15) is 0 Å². The molecule has 0 atom stereocenters. The third-order valence-corrected chi connectivity index (χ3v) is 2.19. The maximum atomic E-state index is 8.51. The fourth-order valence-corrected chi connectivity index (χ4v) is 1.40. The highest BCUT2D eigenvalue weighted by atomic mass is 16.5. The van der Waals surface area contributed by atoms with Gasteiger partial charge in [-0.2, -0.15) is 5.26 Å². The number of aromatic nitrogens is 2. The molecule has 1 aromatic heterocycles. The van der Waals surface area contributed by atoms with Crippen LogP contribution >= 0.6 is 0 Å². The van der Waals surface area contributed by atoms with E-state index in [1.807, 2.05) is 24.3 Å². The molecule has 0 spiro atoms. The van der Waals surface area contributed by atoms with Crippen LogP contribution in [0.4, 0.5) is 17.3 Å². The number of hydrogen-bond acceptors (Lipinski definition) is 6. The van der Waals surface area contributed by atoms with Gasteiger partial charge in [0.1, 0.15) is 23.7 Å². The summed E-state index contributed by atoms with van der Waals surface area (Å²) in [6.45, 7) is 0. The zero-order valence-electron chi connectivity index (χ0n) is 9.71. The third kappa shape index (κ3) is 2.86. The largest absolute Gasteiger partial charge is 0.497 e. The molecule has 2 rings (SSSR count). The first kappa shape index (κ1) is 11.7. The minimum Gasteiger partial charge on any atom is -0.497 e. The molecule has 90 valence electrons. The van der Waals surface area contributed by atoms with Crippen LogP contribution in [0.5, 0.6) is 5.75 Å². The van der Waals surface area contributed by atoms with E-state index in [4.69, 9.17) is 10.00 Å². The van der Waals surface area contributed by atoms with Crippen LogP contribution in [0, 0.1) is 11.5 Å². The topological polar surface area (TPSA) is 82.9 Å². The fourth-order valence-electron chi connectivity index (χ4n) is 1.40. The second-order valence-corrected chi connectivity index (χ2v) is 3.38. The van der Waals surface area contributed by atoms with Gasteiger partial charge in [-0.25, -0.2) is 9.97 Å². The van der Waals surface area contributed by atoms with E-state index in [1.54, 1.807) is 19.4 Å². The van der Waals surface area contributed by atoms with E-state index in [0.29, 0.717) is 11.6 Å². The molecule has 18 heavy (non-hydrogen) atoms. The van der Waals surface area contributed by atoms with E-state index >= 15 is 0 Å². The Balaban J connectivity index is 2.17. The normalized spacial score (nSPS) is 9.33. The van der Waals surface area contributed by atoms with Gasteiger partial charge in [-0.1, -0.05) is 6.07 Å². The van der Waals surface area contributed by atoms with Crippen LogP contribution in [0.15, 0.2) is 36.7 Å². The molecule has 0 amide bonds. The van der Waals surface area contributed by atoms with Gasteiger partial charge in [0.25, 0.3) is 0 Å². The molecule has 0 radical (unpaired) electrons. The van der Waals surface area contributed by atoms with E-state index in [2.05, 4.69) is 20.6 Å². The summed E-state index contributed by atoms with van der Waals surface area (Å²) in [6, 6.07) is 9.11. The van der Waals surface area contributed by atoms with Crippen molar-refractivity contribution in [3.63, 3.8) is 0 Å². The van der Waals surface area contributed by atoms with Crippen molar-refractivity contribution in [2.24, 2.45) is 0 Å². The van der Waals surface area contributed by atoms with Crippen LogP contribution in [0.25, 0.3) is 0 Å². The highest BCUT2D eigenvalue weighted by Gasteiger charge is 2.00. The monoisotopic (exact) mass is 241 g/mol. The number of nitriles is 1. The van der Waals surface area contributed by atoms with E-state index in [-0.39, 0.29) is 0 Å². The van der Waals surface area contributed by atoms with Crippen LogP contribution in [0.3, 0.4) is 0 Å². The first-order valence-electron chi connectivity index (χ1n) is 5.20. The predicted molar refractivity (Wildman–Crippen MR) is 67.5 cm³/mol. The number of nitrogens with one attached hydrogen (secondary N) is 2. The smallest absolute Gasteiger partial charge is 0.182 e. The highest BCUT2D eigenvalue weighted by Crippen LogP contribution is 2.20. The van der Waals surface area contributed by atoms with Crippen LogP contribution in [-0.4, -0.2) is 17.1 Å². The van der Waals surface area contributed by atoms with Crippen LogP contribution < -0.4 is 15.4 Å². The lowest BCUT2D eigenvalue weighted by molar-refractivity contribution is 0.415. The molecule has 6 nitrogen and oxygen atoms in total. The first-order chi connectivity index (χ1) is 8.81. The van der Waals surface area contributed by atoms with Gasteiger partial charge >= 0.3 is 0 Å². The van der Waals surface area contributed by atoms with Crippen molar-refractivity contribution in [1.82, 2.24) is 9.97 Å². The van der Waals surface area contributed by atoms with Gasteiger partial charge in [0.05, 0.1) is 7.11 Å². The van der Waals surface area contributed by atoms with Crippen molar-refractivity contribution in [3.05, 3.63) is 36.7 Å². The lowest BCUT2D eigenvalue weighted by Crippen LogP contribution is -1.97. The Kier molecular flexibility index (Phi) is 3.56. The summed E-state index contributed by atoms with van der Waals surface area (Å²) in [4.78, 5) is 7.96. The molecule has 0 saturated heterocycles. The van der Waals surface area contributed by atoms with Crippen LogP contribution in [-0.2, 0) is 0 Å². The molecule has 0 unspecified atom stereocenters. The summed E-state index contributed by atoms with van der Waals surface area (Å²) in [6.07, 6.45) is 3.18. The standard InChI is InChI=1S/C12H11N5O/c1-18-10-4-2-3-9(5-10)17-12-6-11(14-7-13)15-8-16-12/h2-6,8H,1H3,(H2,14,15,16,17). The predicted octanol–water partition coefficient (Wildman–Crippen LogP) is 2.12. The number of benzene rings is 1. The SMILES string of the molecule is COc1cccc(Nc2cc(NC#N)ncn2)c1. The zero-order chi connectivity index (χ0) is 12.8. The van der Waals surface area contributed by atoms with Crippen molar-refractivity contribution >= 4 is 17.3 Å². The van der Waals surface area contributed by atoms with Gasteiger partial charge in [-0.3, -0.25) is 5.32 Å². The highest BCUT2D eigenvalue weighted by molar-refractivity contribution is 5.60. The molecule has 1 heterocycles. The Morgan fingerprint density at radius 1 is 1.22 bits per heavy atom. The Labute approximate surface area is 104 Å². The van der Waals surface area contributed by atoms with Crippen molar-refractivity contribution in [2.75, 3.05) is 17.7 Å². The van der Waals surface area contributed by atoms with E-state index < -0.39 is 0 Å². The molecule has 2 N–H and O–H groups in total. The lowest BCUT2D eigenvalue weighted by Gasteiger charge is -2.07. The first-order valence-corrected chi connectivity index (χ1v) is 5.20. The summed E-state index contributed by atoms with van der Waals surface area (Å²) in [5, 5.41) is 14.1. The average Bonchev–Trinajstić information content (AvgIpc) is 2.40. The minimum absolute atomic E-state index is 0.442. The molecule has 0 aliphatic heterocycles. The van der Waals surface area contributed by atoms with Crippen molar-refractivity contribution in [1.29, 1.82) is 5.26 Å². The summed E-state index contributed by atoms with van der Waals surface area (Å²) in [7, 11) is 1.61. The molecule has 0 aliphatic carbocycles. The van der Waals surface area contributed by atoms with Gasteiger partial charge in [0.15, 0.2) is 6.19 Å². The number of methoxy groups -OCH3 is 1. The molecule has 0 aliphatic rings. The zero-order valence-corrected chi connectivity index (χ0v) is 9.71. The molecule has 1 aromatic carbocycles. The van der Waals surface area contributed by atoms with Gasteiger partial charge in [-0.05, 0) is 12.1 Å². The van der Waals surface area contributed by atoms with Gasteiger partial charge in [0.2, 0.25) is 0 Å². The Hall–Kier alpha value is -2.81. The van der Waals surface area contributed by atoms with Crippen molar-refractivity contribution in [2.45, 2.75) is 0 Å². The van der Waals surface area contributed by atoms with E-state index in [0.717, 1.165) is 11.4 Å². The molecule has 0 bridgehead atoms. The third-order valence-electron chi connectivity index (χ3n) is 2.19. The van der Waals surface area contributed by atoms with Crippen molar-refractivity contribution < 1.29 is 4.74 Å². The number of anilines is 3. The minimum atomic E-state index is 0.442. The Bertz CT molecular complexity index is 579. The Morgan fingerprint density at radius 3 is 2.83 bits per heavy atom. The molecule has 0 saturated carbocycles. The number of hydrogen-bond donors (Lipinski definition) is 2. The van der Waals surface area contributed by atoms with Gasteiger partial charge < -0.3 is 10.1 Å². The number of nitrogens with zero attached hydrogens (tertiary/aromatic N) is 3. The summed E-state index contributed by atoms with van der Waals surface area (Å²) in [5.41, 5.74) is 0.843. The number of ether oxygens (including phenoxy) is 1. The Morgan fingerprint density at radius 2 is 2.06 bits per heavy atom. The van der Waals surface area contributed by atoms with E-state index in [1.165, 1.54) is 6.33 Å². The maximum absolute atomic E-state index is 8.51. The fraction of sp³-hybridized carbons (Fsp3) is 0.0833. The molecular weight excluding hydrogens is 230 g/mol. The number of rotatable bonds is 4. The van der Waals surface area contributed by atoms with Crippen LogP contribution in [0.2, 0.25) is 0 Å². The summed E-state index contributed by atoms with van der Waals surface area (Å²) >= 11 is 0. The quantitative estimate of drug-likeness (QED) is 0.630. The lowest BCUT2D eigenvalue weighted by atomic mass is 10.3. The second kappa shape index (κ2) is 5.50. The summed E-state index contributed by atoms with van der Waals surface area (Å²) in [5.74, 6) is 1.79. The molecule has 6 heteroatoms. The summed E-state index contributed by atoms with van der Waals surface area (Å²) < 4.78 is 5.13. The van der Waals surface area contributed by atoms with Crippen molar-refractivity contribution in [3.8, 4) is 11.9 Å². The maximum Gasteiger partial charge on any atom is 0.182 e. The van der Waals surface area contributed by atoms with Gasteiger partial charge in [-0.15, -0.1) is 0 Å². The van der Waals surface area contributed by atoms with Crippen LogP contribution in [0.1, 0.15) is 0 Å². The second-order valence-electron chi connectivity index (χ2n) is 3.38.